The number of rotatable bonds is 4. The van der Waals surface area contributed by atoms with Crippen molar-refractivity contribution in [2.45, 2.75) is 19.9 Å². The van der Waals surface area contributed by atoms with E-state index in [0.717, 1.165) is 22.5 Å². The lowest BCUT2D eigenvalue weighted by Gasteiger charge is -2.29. The number of nitrogens with one attached hydrogen (secondary N) is 2. The quantitative estimate of drug-likeness (QED) is 0.719. The molecule has 0 fully saturated rings. The molecule has 0 saturated carbocycles. The van der Waals surface area contributed by atoms with Gasteiger partial charge in [-0.2, -0.15) is 10.1 Å². The summed E-state index contributed by atoms with van der Waals surface area (Å²) in [5.41, 5.74) is 4.20. The Labute approximate surface area is 163 Å². The van der Waals surface area contributed by atoms with Gasteiger partial charge in [0.05, 0.1) is 5.57 Å². The van der Waals surface area contributed by atoms with Crippen LogP contribution < -0.4 is 10.6 Å². The number of hydrogen-bond acceptors (Lipinski definition) is 4. The van der Waals surface area contributed by atoms with Crippen LogP contribution >= 0.6 is 0 Å². The molecule has 1 aliphatic rings. The molecule has 1 aromatic heterocycles. The number of carbonyl (C=O) groups excluding carboxylic acids is 1. The van der Waals surface area contributed by atoms with Crippen molar-refractivity contribution in [3.63, 3.8) is 0 Å². The molecule has 140 valence electrons. The molecular weight excluding hydrogens is 350 g/mol. The molecule has 0 saturated heterocycles. The molecule has 0 bridgehead atoms. The molecule has 28 heavy (non-hydrogen) atoms. The lowest BCUT2D eigenvalue weighted by atomic mass is 9.94. The number of nitrogens with zero attached hydrogens (tertiary/aromatic N) is 3. The zero-order chi connectivity index (χ0) is 19.5. The minimum atomic E-state index is -0.345. The van der Waals surface area contributed by atoms with Crippen molar-refractivity contribution in [1.29, 1.82) is 0 Å². The summed E-state index contributed by atoms with van der Waals surface area (Å²) < 4.78 is 1.75. The Bertz CT molecular complexity index is 1050. The third kappa shape index (κ3) is 3.44. The normalized spacial score (nSPS) is 16.4. The van der Waals surface area contributed by atoms with Crippen LogP contribution in [-0.4, -0.2) is 20.7 Å². The first-order valence-electron chi connectivity index (χ1n) is 9.10. The van der Waals surface area contributed by atoms with Crippen LogP contribution in [0.4, 0.5) is 11.6 Å². The van der Waals surface area contributed by atoms with Gasteiger partial charge in [0.15, 0.2) is 0 Å². The van der Waals surface area contributed by atoms with Gasteiger partial charge in [0.25, 0.3) is 5.91 Å². The summed E-state index contributed by atoms with van der Waals surface area (Å²) in [7, 11) is 0. The monoisotopic (exact) mass is 371 g/mol. The number of allylic oxidation sites excluding steroid dienone is 2. The van der Waals surface area contributed by atoms with Gasteiger partial charge in [0.2, 0.25) is 5.95 Å². The predicted octanol–water partition coefficient (Wildman–Crippen LogP) is 4.26. The van der Waals surface area contributed by atoms with Gasteiger partial charge in [-0.25, -0.2) is 4.68 Å². The maximum absolute atomic E-state index is 13.2. The average molecular weight is 371 g/mol. The van der Waals surface area contributed by atoms with Crippen LogP contribution in [-0.2, 0) is 4.79 Å². The molecule has 3 aromatic rings. The lowest BCUT2D eigenvalue weighted by Crippen LogP contribution is -2.31. The third-order valence-corrected chi connectivity index (χ3v) is 4.70. The highest BCUT2D eigenvalue weighted by Gasteiger charge is 2.33. The first-order chi connectivity index (χ1) is 13.6. The summed E-state index contributed by atoms with van der Waals surface area (Å²) in [5.74, 6) is 0.461. The van der Waals surface area contributed by atoms with Crippen LogP contribution in [0.3, 0.4) is 0 Å². The Balaban J connectivity index is 1.74. The van der Waals surface area contributed by atoms with Crippen LogP contribution in [0.5, 0.6) is 0 Å². The number of para-hydroxylation sites is 1. The number of aromatic nitrogens is 3. The van der Waals surface area contributed by atoms with Gasteiger partial charge < -0.3 is 10.6 Å². The maximum Gasteiger partial charge on any atom is 0.255 e. The molecule has 1 atom stereocenters. The van der Waals surface area contributed by atoms with E-state index in [1.54, 1.807) is 4.68 Å². The molecule has 0 radical (unpaired) electrons. The Hall–Kier alpha value is -3.67. The fourth-order valence-corrected chi connectivity index (χ4v) is 3.42. The van der Waals surface area contributed by atoms with E-state index in [1.807, 2.05) is 74.5 Å². The Morgan fingerprint density at radius 1 is 1.11 bits per heavy atom. The summed E-state index contributed by atoms with van der Waals surface area (Å²) in [5, 5.41) is 10.5. The summed E-state index contributed by atoms with van der Waals surface area (Å²) in [6.07, 6.45) is 3.57. The van der Waals surface area contributed by atoms with Crippen molar-refractivity contribution < 1.29 is 4.79 Å². The van der Waals surface area contributed by atoms with E-state index in [4.69, 9.17) is 0 Å². The van der Waals surface area contributed by atoms with E-state index in [-0.39, 0.29) is 11.9 Å². The van der Waals surface area contributed by atoms with Crippen LogP contribution in [0.2, 0.25) is 0 Å². The van der Waals surface area contributed by atoms with Gasteiger partial charge in [-0.1, -0.05) is 54.6 Å². The number of fused-ring (bicyclic) bond motifs is 1. The second kappa shape index (κ2) is 7.52. The molecule has 0 unspecified atom stereocenters. The molecule has 0 spiro atoms. The molecule has 6 heteroatoms. The Morgan fingerprint density at radius 3 is 2.50 bits per heavy atom. The van der Waals surface area contributed by atoms with Gasteiger partial charge in [0.1, 0.15) is 12.4 Å². The summed E-state index contributed by atoms with van der Waals surface area (Å²) in [4.78, 5) is 17.5. The van der Waals surface area contributed by atoms with E-state index in [0.29, 0.717) is 11.5 Å². The zero-order valence-electron chi connectivity index (χ0n) is 15.8. The molecule has 6 nitrogen and oxygen atoms in total. The molecule has 2 heterocycles. The molecule has 1 aliphatic heterocycles. The second-order valence-corrected chi connectivity index (χ2v) is 6.71. The average Bonchev–Trinajstić information content (AvgIpc) is 3.16. The molecule has 4 rings (SSSR count). The van der Waals surface area contributed by atoms with E-state index in [9.17, 15) is 4.79 Å². The van der Waals surface area contributed by atoms with Crippen molar-refractivity contribution in [3.05, 3.63) is 89.4 Å². The highest BCUT2D eigenvalue weighted by atomic mass is 16.1. The molecule has 0 aliphatic carbocycles. The fourth-order valence-electron chi connectivity index (χ4n) is 3.42. The number of hydrogen-bond donors (Lipinski definition) is 2. The van der Waals surface area contributed by atoms with Crippen LogP contribution in [0.25, 0.3) is 6.08 Å². The van der Waals surface area contributed by atoms with Crippen molar-refractivity contribution >= 4 is 23.6 Å². The van der Waals surface area contributed by atoms with Gasteiger partial charge in [-0.05, 0) is 37.1 Å². The Morgan fingerprint density at radius 2 is 1.79 bits per heavy atom. The largest absolute Gasteiger partial charge is 0.328 e. The summed E-state index contributed by atoms with van der Waals surface area (Å²) >= 11 is 0. The fraction of sp³-hybridized carbons (Fsp3) is 0.136. The first kappa shape index (κ1) is 17.7. The summed E-state index contributed by atoms with van der Waals surface area (Å²) in [6, 6.07) is 19.1. The first-order valence-corrected chi connectivity index (χ1v) is 9.10. The van der Waals surface area contributed by atoms with Gasteiger partial charge >= 0.3 is 0 Å². The SMILES string of the molecule is CC1=C(C(=O)Nc2ccccc2)[C@H](/C(C)=C/c2ccccc2)n2ncnc2N1. The minimum absolute atomic E-state index is 0.164. The van der Waals surface area contributed by atoms with Crippen molar-refractivity contribution in [2.24, 2.45) is 0 Å². The van der Waals surface area contributed by atoms with Crippen molar-refractivity contribution in [3.8, 4) is 0 Å². The molecular formula is C22H21N5O. The third-order valence-electron chi connectivity index (χ3n) is 4.70. The number of benzene rings is 2. The zero-order valence-corrected chi connectivity index (χ0v) is 15.8. The topological polar surface area (TPSA) is 71.8 Å². The molecule has 2 N–H and O–H groups in total. The van der Waals surface area contributed by atoms with Crippen molar-refractivity contribution in [1.82, 2.24) is 14.8 Å². The summed E-state index contributed by atoms with van der Waals surface area (Å²) in [6.45, 7) is 3.90. The van der Waals surface area contributed by atoms with Gasteiger partial charge in [0, 0.05) is 11.4 Å². The Kier molecular flexibility index (Phi) is 4.76. The van der Waals surface area contributed by atoms with Crippen LogP contribution in [0.1, 0.15) is 25.5 Å². The van der Waals surface area contributed by atoms with Crippen LogP contribution in [0.15, 0.2) is 83.8 Å². The van der Waals surface area contributed by atoms with Gasteiger partial charge in [-0.15, -0.1) is 0 Å². The molecule has 1 amide bonds. The van der Waals surface area contributed by atoms with Crippen LogP contribution in [0, 0.1) is 0 Å². The number of amides is 1. The van der Waals surface area contributed by atoms with E-state index < -0.39 is 0 Å². The van der Waals surface area contributed by atoms with E-state index >= 15 is 0 Å². The second-order valence-electron chi connectivity index (χ2n) is 6.71. The minimum Gasteiger partial charge on any atom is -0.328 e. The number of anilines is 2. The van der Waals surface area contributed by atoms with E-state index in [1.165, 1.54) is 6.33 Å². The van der Waals surface area contributed by atoms with Crippen molar-refractivity contribution in [2.75, 3.05) is 10.6 Å². The smallest absolute Gasteiger partial charge is 0.255 e. The maximum atomic E-state index is 13.2. The highest BCUT2D eigenvalue weighted by Crippen LogP contribution is 2.35. The molecule has 2 aromatic carbocycles. The highest BCUT2D eigenvalue weighted by molar-refractivity contribution is 6.06. The lowest BCUT2D eigenvalue weighted by molar-refractivity contribution is -0.113. The number of carbonyl (C=O) groups is 1. The standard InChI is InChI=1S/C22H21N5O/c1-15(13-17-9-5-3-6-10-17)20-19(16(2)25-22-23-14-24-27(20)22)21(28)26-18-11-7-4-8-12-18/h3-14,20H,1-2H3,(H,26,28)(H,23,24,25)/b15-13+/t20-/m0/s1. The van der Waals surface area contributed by atoms with Gasteiger partial charge in [-0.3, -0.25) is 4.79 Å². The van der Waals surface area contributed by atoms with E-state index in [2.05, 4.69) is 26.8 Å². The predicted molar refractivity (Wildman–Crippen MR) is 111 cm³/mol.